The first-order valence-electron chi connectivity index (χ1n) is 11.2. The Morgan fingerprint density at radius 1 is 1.26 bits per heavy atom. The first-order valence-corrected chi connectivity index (χ1v) is 11.2. The number of pyridine rings is 1. The Bertz CT molecular complexity index is 1240. The van der Waals surface area contributed by atoms with Gasteiger partial charge in [0.25, 0.3) is 5.91 Å². The van der Waals surface area contributed by atoms with E-state index in [0.717, 1.165) is 10.8 Å². The van der Waals surface area contributed by atoms with Gasteiger partial charge in [-0.3, -0.25) is 19.4 Å². The molecule has 5 rings (SSSR count). The third kappa shape index (κ3) is 2.93. The SMILES string of the molecule is CCC(=O)O[C@]12OC(=O)C[C@]1(NC(=O)[C@]1(C(C)C)CC(c3nccc4ccccc34)=NO1)C2F. The number of benzene rings is 1. The monoisotopic (exact) mass is 469 g/mol. The summed E-state index contributed by atoms with van der Waals surface area (Å²) in [6, 6.07) is 9.52. The molecule has 0 bridgehead atoms. The number of nitrogens with zero attached hydrogens (tertiary/aromatic N) is 2. The van der Waals surface area contributed by atoms with Crippen LogP contribution in [0.3, 0.4) is 0 Å². The van der Waals surface area contributed by atoms with Crippen LogP contribution in [0.1, 0.15) is 45.7 Å². The zero-order valence-corrected chi connectivity index (χ0v) is 19.0. The van der Waals surface area contributed by atoms with Gasteiger partial charge in [-0.2, -0.15) is 0 Å². The molecule has 34 heavy (non-hydrogen) atoms. The summed E-state index contributed by atoms with van der Waals surface area (Å²) in [4.78, 5) is 47.6. The lowest BCUT2D eigenvalue weighted by atomic mass is 9.83. The highest BCUT2D eigenvalue weighted by atomic mass is 19.1. The minimum Gasteiger partial charge on any atom is -0.417 e. The van der Waals surface area contributed by atoms with Crippen molar-refractivity contribution in [1.29, 1.82) is 0 Å². The average molecular weight is 469 g/mol. The zero-order valence-electron chi connectivity index (χ0n) is 19.0. The summed E-state index contributed by atoms with van der Waals surface area (Å²) >= 11 is 0. The fourth-order valence-corrected chi connectivity index (χ4v) is 4.75. The third-order valence-corrected chi connectivity index (χ3v) is 6.90. The van der Waals surface area contributed by atoms with Gasteiger partial charge < -0.3 is 19.6 Å². The number of halogens is 1. The molecule has 2 fully saturated rings. The standard InChI is InChI=1S/C24H24FN3O6/c1-4-17(29)32-24-20(25)23(24,12-18(30)33-24)27-21(31)22(13(2)3)11-16(28-34-22)19-15-8-6-5-7-14(15)9-10-26-19/h5-10,13,20H,4,11-12H2,1-3H3,(H,27,31)/t20?,22-,23+,24-/m1/s1. The predicted octanol–water partition coefficient (Wildman–Crippen LogP) is 2.56. The Morgan fingerprint density at radius 3 is 2.76 bits per heavy atom. The molecular formula is C24H24FN3O6. The van der Waals surface area contributed by atoms with Crippen LogP contribution in [0.4, 0.5) is 4.39 Å². The van der Waals surface area contributed by atoms with Crippen molar-refractivity contribution >= 4 is 34.3 Å². The molecule has 1 aromatic heterocycles. The molecule has 1 amide bonds. The molecule has 0 spiro atoms. The molecule has 4 atom stereocenters. The van der Waals surface area contributed by atoms with Crippen molar-refractivity contribution in [3.8, 4) is 0 Å². The Morgan fingerprint density at radius 2 is 2.03 bits per heavy atom. The van der Waals surface area contributed by atoms with Crippen molar-refractivity contribution < 1.29 is 33.1 Å². The molecule has 1 saturated carbocycles. The lowest BCUT2D eigenvalue weighted by Gasteiger charge is -2.30. The van der Waals surface area contributed by atoms with Crippen molar-refractivity contribution in [3.05, 3.63) is 42.2 Å². The van der Waals surface area contributed by atoms with Crippen molar-refractivity contribution in [3.63, 3.8) is 0 Å². The maximum Gasteiger partial charge on any atom is 0.317 e. The van der Waals surface area contributed by atoms with E-state index in [1.807, 2.05) is 30.3 Å². The van der Waals surface area contributed by atoms with E-state index in [-0.39, 0.29) is 18.8 Å². The number of esters is 2. The minimum atomic E-state index is -2.15. The third-order valence-electron chi connectivity index (χ3n) is 6.90. The predicted molar refractivity (Wildman–Crippen MR) is 117 cm³/mol. The van der Waals surface area contributed by atoms with Crippen LogP contribution in [-0.4, -0.2) is 51.6 Å². The van der Waals surface area contributed by atoms with E-state index in [2.05, 4.69) is 15.5 Å². The van der Waals surface area contributed by atoms with E-state index in [0.29, 0.717) is 11.4 Å². The number of carbonyl (C=O) groups excluding carboxylic acids is 3. The minimum absolute atomic E-state index is 0.0374. The van der Waals surface area contributed by atoms with Gasteiger partial charge in [-0.1, -0.05) is 50.2 Å². The molecule has 2 aliphatic heterocycles. The average Bonchev–Trinajstić information content (AvgIpc) is 3.18. The first-order chi connectivity index (χ1) is 16.2. The van der Waals surface area contributed by atoms with Gasteiger partial charge >= 0.3 is 17.7 Å². The van der Waals surface area contributed by atoms with Gasteiger partial charge in [-0.25, -0.2) is 4.39 Å². The molecule has 9 nitrogen and oxygen atoms in total. The molecule has 2 aromatic rings. The van der Waals surface area contributed by atoms with Gasteiger partial charge in [-0.15, -0.1) is 0 Å². The highest BCUT2D eigenvalue weighted by Gasteiger charge is 2.91. The van der Waals surface area contributed by atoms with Gasteiger partial charge in [0.05, 0.1) is 12.1 Å². The molecule has 10 heteroatoms. The summed E-state index contributed by atoms with van der Waals surface area (Å²) in [5.74, 6) is -4.69. The van der Waals surface area contributed by atoms with E-state index in [9.17, 15) is 14.4 Å². The van der Waals surface area contributed by atoms with Crippen LogP contribution in [0.5, 0.6) is 0 Å². The number of amides is 1. The maximum atomic E-state index is 15.0. The lowest BCUT2D eigenvalue weighted by Crippen LogP contribution is -2.56. The molecule has 0 radical (unpaired) electrons. The summed E-state index contributed by atoms with van der Waals surface area (Å²) in [5, 5.41) is 8.61. The van der Waals surface area contributed by atoms with Crippen LogP contribution in [0.15, 0.2) is 41.7 Å². The van der Waals surface area contributed by atoms with Crippen molar-refractivity contribution in [1.82, 2.24) is 10.3 Å². The van der Waals surface area contributed by atoms with Gasteiger partial charge in [0.2, 0.25) is 11.8 Å². The number of nitrogens with one attached hydrogen (secondary N) is 1. The topological polar surface area (TPSA) is 116 Å². The second-order valence-corrected chi connectivity index (χ2v) is 9.16. The number of carbonyl (C=O) groups is 3. The lowest BCUT2D eigenvalue weighted by molar-refractivity contribution is -0.195. The van der Waals surface area contributed by atoms with Crippen LogP contribution < -0.4 is 5.32 Å². The van der Waals surface area contributed by atoms with Crippen molar-refractivity contribution in [2.75, 3.05) is 0 Å². The van der Waals surface area contributed by atoms with Gasteiger partial charge in [-0.05, 0) is 11.5 Å². The van der Waals surface area contributed by atoms with Crippen LogP contribution >= 0.6 is 0 Å². The normalized spacial score (nSPS) is 31.5. The van der Waals surface area contributed by atoms with Crippen LogP contribution in [-0.2, 0) is 28.7 Å². The number of fused-ring (bicyclic) bond motifs is 2. The molecule has 1 saturated heterocycles. The zero-order chi connectivity index (χ0) is 24.3. The van der Waals surface area contributed by atoms with Crippen LogP contribution in [0.2, 0.25) is 0 Å². The van der Waals surface area contributed by atoms with E-state index in [4.69, 9.17) is 14.3 Å². The molecular weight excluding hydrogens is 445 g/mol. The largest absolute Gasteiger partial charge is 0.417 e. The van der Waals surface area contributed by atoms with Gasteiger partial charge in [0.15, 0.2) is 5.54 Å². The number of oxime groups is 1. The quantitative estimate of drug-likeness (QED) is 0.647. The molecule has 178 valence electrons. The molecule has 1 N–H and O–H groups in total. The fourth-order valence-electron chi connectivity index (χ4n) is 4.75. The Kier molecular flexibility index (Phi) is 4.89. The van der Waals surface area contributed by atoms with Crippen molar-refractivity contribution in [2.45, 2.75) is 63.1 Å². The van der Waals surface area contributed by atoms with Crippen molar-refractivity contribution in [2.24, 2.45) is 11.1 Å². The second kappa shape index (κ2) is 7.48. The summed E-state index contributed by atoms with van der Waals surface area (Å²) in [7, 11) is 0. The fraction of sp³-hybridized carbons (Fsp3) is 0.458. The summed E-state index contributed by atoms with van der Waals surface area (Å²) in [6.07, 6.45) is -0.637. The Labute approximate surface area is 194 Å². The van der Waals surface area contributed by atoms with Gasteiger partial charge in [0.1, 0.15) is 5.71 Å². The second-order valence-electron chi connectivity index (χ2n) is 9.16. The summed E-state index contributed by atoms with van der Waals surface area (Å²) in [5.41, 5.74) is -2.20. The van der Waals surface area contributed by atoms with Crippen LogP contribution in [0, 0.1) is 5.92 Å². The highest BCUT2D eigenvalue weighted by Crippen LogP contribution is 2.61. The number of rotatable bonds is 6. The van der Waals surface area contributed by atoms with E-state index in [1.54, 1.807) is 20.0 Å². The summed E-state index contributed by atoms with van der Waals surface area (Å²) < 4.78 is 25.2. The van der Waals surface area contributed by atoms with E-state index < -0.39 is 47.4 Å². The van der Waals surface area contributed by atoms with E-state index >= 15 is 4.39 Å². The Balaban J connectivity index is 1.43. The number of hydrogen-bond donors (Lipinski definition) is 1. The first kappa shape index (κ1) is 22.2. The Hall–Kier alpha value is -3.56. The molecule has 3 heterocycles. The highest BCUT2D eigenvalue weighted by molar-refractivity contribution is 6.12. The van der Waals surface area contributed by atoms with Crippen LogP contribution in [0.25, 0.3) is 10.8 Å². The molecule has 1 unspecified atom stereocenters. The molecule has 1 aliphatic carbocycles. The summed E-state index contributed by atoms with van der Waals surface area (Å²) in [6.45, 7) is 5.10. The number of hydrogen-bond acceptors (Lipinski definition) is 8. The molecule has 3 aliphatic rings. The maximum absolute atomic E-state index is 15.0. The number of ether oxygens (including phenoxy) is 2. The molecule has 1 aromatic carbocycles. The van der Waals surface area contributed by atoms with E-state index in [1.165, 1.54) is 6.92 Å². The van der Waals surface area contributed by atoms with Gasteiger partial charge in [0, 0.05) is 30.3 Å². The number of alkyl halides is 1. The number of aromatic nitrogens is 1. The smallest absolute Gasteiger partial charge is 0.317 e.